The van der Waals surface area contributed by atoms with E-state index in [1.165, 1.54) is 11.4 Å². The molecule has 0 amide bonds. The molecule has 3 heterocycles. The molecular formula is C9H10IN2+. The fourth-order valence-electron chi connectivity index (χ4n) is 2.18. The number of hydrogen-bond donors (Lipinski definition) is 0. The Hall–Kier alpha value is -0.290. The maximum Gasteiger partial charge on any atom is 0.226 e. The first-order valence-corrected chi connectivity index (χ1v) is 5.33. The van der Waals surface area contributed by atoms with Gasteiger partial charge in [0.15, 0.2) is 12.4 Å². The molecule has 0 aliphatic carbocycles. The molecule has 1 aromatic carbocycles. The molecule has 3 heteroatoms. The molecule has 1 saturated heterocycles. The first kappa shape index (κ1) is 7.15. The molecule has 12 heavy (non-hydrogen) atoms. The van der Waals surface area contributed by atoms with Crippen LogP contribution in [0.1, 0.15) is 0 Å². The second-order valence-corrected chi connectivity index (χ2v) is 4.79. The van der Waals surface area contributed by atoms with Gasteiger partial charge in [-0.15, -0.1) is 0 Å². The lowest BCUT2D eigenvalue weighted by Crippen LogP contribution is -2.68. The van der Waals surface area contributed by atoms with Crippen molar-refractivity contribution in [2.45, 2.75) is 4.17 Å². The van der Waals surface area contributed by atoms with E-state index in [9.17, 15) is 0 Å². The average Bonchev–Trinajstić information content (AvgIpc) is 2.52. The highest BCUT2D eigenvalue weighted by Crippen LogP contribution is 2.53. The van der Waals surface area contributed by atoms with Gasteiger partial charge in [0.25, 0.3) is 0 Å². The molecule has 2 nitrogen and oxygen atoms in total. The van der Waals surface area contributed by atoms with Crippen molar-refractivity contribution in [2.24, 2.45) is 0 Å². The van der Waals surface area contributed by atoms with Crippen molar-refractivity contribution in [2.75, 3.05) is 18.6 Å². The smallest absolute Gasteiger partial charge is 0.226 e. The predicted molar refractivity (Wildman–Crippen MR) is 59.3 cm³/mol. The normalized spacial score (nSPS) is 36.2. The summed E-state index contributed by atoms with van der Waals surface area (Å²) in [5, 5.41) is 0. The Balaban J connectivity index is 2.26. The van der Waals surface area contributed by atoms with Gasteiger partial charge >= 0.3 is 0 Å². The number of alkyl halides is 1. The Bertz CT molecular complexity index is 352. The molecule has 0 aromatic heterocycles. The van der Waals surface area contributed by atoms with Crippen LogP contribution in [0.5, 0.6) is 0 Å². The Labute approximate surface area is 85.5 Å². The van der Waals surface area contributed by atoms with E-state index in [0.29, 0.717) is 4.17 Å². The van der Waals surface area contributed by atoms with Gasteiger partial charge in [-0.1, -0.05) is 12.1 Å². The number of rotatable bonds is 0. The molecular weight excluding hydrogens is 263 g/mol. The van der Waals surface area contributed by atoms with Gasteiger partial charge in [0.1, 0.15) is 5.69 Å². The fourth-order valence-corrected chi connectivity index (χ4v) is 3.14. The van der Waals surface area contributed by atoms with Crippen LogP contribution >= 0.6 is 22.6 Å². The summed E-state index contributed by atoms with van der Waals surface area (Å²) in [6.45, 7) is 1.16. The molecule has 3 aliphatic heterocycles. The Morgan fingerprint density at radius 3 is 2.92 bits per heavy atom. The molecule has 1 fully saturated rings. The van der Waals surface area contributed by atoms with Gasteiger partial charge in [-0.3, -0.25) is 4.90 Å². The molecule has 1 aromatic rings. The number of para-hydroxylation sites is 2. The van der Waals surface area contributed by atoms with Crippen molar-refractivity contribution in [1.29, 1.82) is 0 Å². The summed E-state index contributed by atoms with van der Waals surface area (Å²) in [4.78, 5) is 2.45. The van der Waals surface area contributed by atoms with E-state index in [1.54, 1.807) is 0 Å². The van der Waals surface area contributed by atoms with Crippen LogP contribution in [0.4, 0.5) is 11.4 Å². The number of benzene rings is 1. The second-order valence-electron chi connectivity index (χ2n) is 3.68. The van der Waals surface area contributed by atoms with Gasteiger partial charge in [0.05, 0.1) is 7.05 Å². The number of nitrogens with zero attached hydrogens (tertiary/aromatic N) is 2. The lowest BCUT2D eigenvalue weighted by molar-refractivity contribution is 0.248. The monoisotopic (exact) mass is 273 g/mol. The zero-order valence-corrected chi connectivity index (χ0v) is 9.02. The first-order valence-electron chi connectivity index (χ1n) is 4.09. The van der Waals surface area contributed by atoms with Crippen LogP contribution in [0.2, 0.25) is 0 Å². The third-order valence-corrected chi connectivity index (χ3v) is 4.82. The lowest BCUT2D eigenvalue weighted by atomic mass is 10.3. The zero-order valence-electron chi connectivity index (χ0n) is 6.87. The quantitative estimate of drug-likeness (QED) is 0.303. The van der Waals surface area contributed by atoms with Crippen LogP contribution in [0.3, 0.4) is 0 Å². The lowest BCUT2D eigenvalue weighted by Gasteiger charge is -2.45. The van der Waals surface area contributed by atoms with Crippen LogP contribution in [0, 0.1) is 0 Å². The van der Waals surface area contributed by atoms with E-state index in [1.807, 2.05) is 0 Å². The summed E-state index contributed by atoms with van der Waals surface area (Å²) in [5.41, 5.74) is 2.91. The maximum atomic E-state index is 2.52. The van der Waals surface area contributed by atoms with E-state index in [-0.39, 0.29) is 0 Å². The largest absolute Gasteiger partial charge is 0.260 e. The van der Waals surface area contributed by atoms with Crippen molar-refractivity contribution in [3.05, 3.63) is 24.3 Å². The molecule has 62 valence electrons. The van der Waals surface area contributed by atoms with Crippen molar-refractivity contribution in [1.82, 2.24) is 4.48 Å². The number of hydrogen-bond acceptors (Lipinski definition) is 1. The molecule has 2 bridgehead atoms. The van der Waals surface area contributed by atoms with E-state index >= 15 is 0 Å². The molecule has 0 radical (unpaired) electrons. The van der Waals surface area contributed by atoms with Crippen LogP contribution in [0.25, 0.3) is 0 Å². The highest BCUT2D eigenvalue weighted by atomic mass is 127. The standard InChI is InChI=1S/C9H10IN2/c1-12-6-11(9(12)10)7-4-2-3-5-8(7)12/h2-5,9H,6H2,1H3/q+1. The Morgan fingerprint density at radius 2 is 2.25 bits per heavy atom. The summed E-state index contributed by atoms with van der Waals surface area (Å²) in [7, 11) is 2.31. The first-order chi connectivity index (χ1) is 5.73. The summed E-state index contributed by atoms with van der Waals surface area (Å²) >= 11 is 2.52. The Morgan fingerprint density at radius 1 is 1.50 bits per heavy atom. The summed E-state index contributed by atoms with van der Waals surface area (Å²) in [6, 6.07) is 8.72. The van der Waals surface area contributed by atoms with Crippen molar-refractivity contribution >= 4 is 34.0 Å². The molecule has 4 rings (SSSR count). The zero-order chi connectivity index (χ0) is 8.34. The number of halogens is 1. The van der Waals surface area contributed by atoms with Gasteiger partial charge in [-0.05, 0) is 6.07 Å². The van der Waals surface area contributed by atoms with Crippen molar-refractivity contribution in [3.8, 4) is 0 Å². The topological polar surface area (TPSA) is 3.24 Å². The van der Waals surface area contributed by atoms with Crippen LogP contribution in [-0.2, 0) is 0 Å². The minimum Gasteiger partial charge on any atom is -0.260 e. The van der Waals surface area contributed by atoms with E-state index in [0.717, 1.165) is 11.2 Å². The molecule has 0 spiro atoms. The molecule has 0 saturated carbocycles. The highest BCUT2D eigenvalue weighted by molar-refractivity contribution is 14.1. The fraction of sp³-hybridized carbons (Fsp3) is 0.333. The molecule has 2 unspecified atom stereocenters. The third-order valence-electron chi connectivity index (χ3n) is 2.92. The van der Waals surface area contributed by atoms with E-state index < -0.39 is 0 Å². The second kappa shape index (κ2) is 1.96. The van der Waals surface area contributed by atoms with Gasteiger partial charge in [0.2, 0.25) is 4.17 Å². The maximum absolute atomic E-state index is 2.52. The third kappa shape index (κ3) is 0.578. The van der Waals surface area contributed by atoms with Gasteiger partial charge in [-0.2, -0.15) is 0 Å². The highest BCUT2D eigenvalue weighted by Gasteiger charge is 2.58. The molecule has 3 aliphatic rings. The summed E-state index contributed by atoms with van der Waals surface area (Å²) in [5.74, 6) is 0. The van der Waals surface area contributed by atoms with Crippen molar-refractivity contribution < 1.29 is 0 Å². The number of quaternary nitrogens is 1. The minimum absolute atomic E-state index is 0.625. The molecule has 0 N–H and O–H groups in total. The van der Waals surface area contributed by atoms with Crippen molar-refractivity contribution in [3.63, 3.8) is 0 Å². The van der Waals surface area contributed by atoms with Crippen LogP contribution in [-0.4, -0.2) is 17.9 Å². The Kier molecular flexibility index (Phi) is 1.17. The predicted octanol–water partition coefficient (Wildman–Crippen LogP) is 2.13. The summed E-state index contributed by atoms with van der Waals surface area (Å²) < 4.78 is 1.72. The SMILES string of the molecule is C[N+]12CN(c3ccccc31)C2I. The van der Waals surface area contributed by atoms with Gasteiger partial charge < -0.3 is 0 Å². The molecule has 2 atom stereocenters. The summed E-state index contributed by atoms with van der Waals surface area (Å²) in [6.07, 6.45) is 0. The minimum atomic E-state index is 0.625. The number of anilines is 1. The van der Waals surface area contributed by atoms with Crippen LogP contribution < -0.4 is 9.38 Å². The average molecular weight is 273 g/mol. The van der Waals surface area contributed by atoms with E-state index in [2.05, 4.69) is 58.8 Å². The van der Waals surface area contributed by atoms with E-state index in [4.69, 9.17) is 0 Å². The van der Waals surface area contributed by atoms with Gasteiger partial charge in [0, 0.05) is 28.7 Å². The van der Waals surface area contributed by atoms with Gasteiger partial charge in [-0.25, -0.2) is 4.48 Å². The van der Waals surface area contributed by atoms with Crippen LogP contribution in [0.15, 0.2) is 24.3 Å².